The summed E-state index contributed by atoms with van der Waals surface area (Å²) in [6, 6.07) is 18.4. The normalized spacial score (nSPS) is 11.3. The number of halogens is 3. The van der Waals surface area contributed by atoms with Crippen LogP contribution >= 0.6 is 0 Å². The highest BCUT2D eigenvalue weighted by atomic mass is 19.4. The van der Waals surface area contributed by atoms with Gasteiger partial charge in [0.2, 0.25) is 0 Å². The molecule has 1 aromatic heterocycles. The van der Waals surface area contributed by atoms with Crippen molar-refractivity contribution in [3.8, 4) is 22.6 Å². The number of ether oxygens (including phenoxy) is 3. The predicted molar refractivity (Wildman–Crippen MR) is 125 cm³/mol. The number of esters is 1. The lowest BCUT2D eigenvalue weighted by Crippen LogP contribution is -2.12. The van der Waals surface area contributed by atoms with Gasteiger partial charge in [-0.25, -0.2) is 4.79 Å². The summed E-state index contributed by atoms with van der Waals surface area (Å²) < 4.78 is 56.5. The monoisotopic (exact) mass is 481 g/mol. The van der Waals surface area contributed by atoms with E-state index in [-0.39, 0.29) is 18.7 Å². The number of rotatable bonds is 7. The van der Waals surface area contributed by atoms with E-state index in [9.17, 15) is 18.0 Å². The van der Waals surface area contributed by atoms with Crippen LogP contribution in [0.1, 0.15) is 16.7 Å². The first-order valence-electron chi connectivity index (χ1n) is 10.7. The Hall–Kier alpha value is -4.07. The van der Waals surface area contributed by atoms with Crippen LogP contribution in [-0.2, 0) is 22.3 Å². The van der Waals surface area contributed by atoms with Crippen LogP contribution < -0.4 is 9.47 Å². The van der Waals surface area contributed by atoms with E-state index < -0.39 is 17.7 Å². The number of carbonyl (C=O) groups excluding carboxylic acids is 1. The van der Waals surface area contributed by atoms with Crippen LogP contribution in [0.25, 0.3) is 22.0 Å². The number of benzene rings is 3. The standard InChI is InChI=1S/C27H22F3NO4/c1-17-14-31-26-22(10-5-11-23(26)27(28,29)30)25(17)19-7-4-9-21(13-19)34-15-18-6-3-8-20(12-18)35-16-24(32)33-2/h3-14H,15-16H2,1-2H3. The zero-order valence-corrected chi connectivity index (χ0v) is 19.1. The Balaban J connectivity index is 1.59. The smallest absolute Gasteiger partial charge is 0.418 e. The van der Waals surface area contributed by atoms with Crippen LogP contribution in [0, 0.1) is 6.92 Å². The van der Waals surface area contributed by atoms with Crippen molar-refractivity contribution in [2.45, 2.75) is 19.7 Å². The molecule has 0 atom stereocenters. The van der Waals surface area contributed by atoms with Crippen LogP contribution in [0.5, 0.6) is 11.5 Å². The third kappa shape index (κ3) is 5.54. The third-order valence-electron chi connectivity index (χ3n) is 5.40. The Morgan fingerprint density at radius 1 is 0.943 bits per heavy atom. The summed E-state index contributed by atoms with van der Waals surface area (Å²) in [5.41, 5.74) is 2.11. The molecule has 3 aromatic carbocycles. The molecule has 180 valence electrons. The molecular weight excluding hydrogens is 459 g/mol. The molecule has 0 aliphatic heterocycles. The zero-order chi connectivity index (χ0) is 25.0. The number of para-hydroxylation sites is 1. The minimum absolute atomic E-state index is 0.0873. The molecule has 1 heterocycles. The van der Waals surface area contributed by atoms with Gasteiger partial charge in [-0.15, -0.1) is 0 Å². The maximum atomic E-state index is 13.5. The van der Waals surface area contributed by atoms with Gasteiger partial charge in [0.1, 0.15) is 18.1 Å². The number of hydrogen-bond acceptors (Lipinski definition) is 5. The lowest BCUT2D eigenvalue weighted by molar-refractivity contribution is -0.143. The van der Waals surface area contributed by atoms with E-state index in [0.29, 0.717) is 22.4 Å². The number of fused-ring (bicyclic) bond motifs is 1. The van der Waals surface area contributed by atoms with Crippen LogP contribution in [0.3, 0.4) is 0 Å². The summed E-state index contributed by atoms with van der Waals surface area (Å²) in [6.45, 7) is 1.85. The van der Waals surface area contributed by atoms with Gasteiger partial charge in [0, 0.05) is 11.6 Å². The highest BCUT2D eigenvalue weighted by Crippen LogP contribution is 2.38. The second-order valence-electron chi connectivity index (χ2n) is 7.84. The maximum absolute atomic E-state index is 13.5. The van der Waals surface area contributed by atoms with Crippen molar-refractivity contribution in [1.29, 1.82) is 0 Å². The summed E-state index contributed by atoms with van der Waals surface area (Å²) in [6.07, 6.45) is -3.04. The van der Waals surface area contributed by atoms with Crippen LogP contribution in [0.2, 0.25) is 0 Å². The quantitative estimate of drug-likeness (QED) is 0.288. The minimum Gasteiger partial charge on any atom is -0.489 e. The molecule has 0 saturated heterocycles. The average molecular weight is 481 g/mol. The van der Waals surface area contributed by atoms with Crippen molar-refractivity contribution >= 4 is 16.9 Å². The number of carbonyl (C=O) groups is 1. The molecule has 35 heavy (non-hydrogen) atoms. The van der Waals surface area contributed by atoms with E-state index in [1.54, 1.807) is 42.5 Å². The number of nitrogens with zero attached hydrogens (tertiary/aromatic N) is 1. The Kier molecular flexibility index (Phi) is 6.91. The summed E-state index contributed by atoms with van der Waals surface area (Å²) in [5.74, 6) is 0.578. The van der Waals surface area contributed by atoms with Gasteiger partial charge in [-0.3, -0.25) is 4.98 Å². The molecule has 0 aliphatic carbocycles. The average Bonchev–Trinajstić information content (AvgIpc) is 2.85. The predicted octanol–water partition coefficient (Wildman–Crippen LogP) is 6.36. The molecule has 0 N–H and O–H groups in total. The highest BCUT2D eigenvalue weighted by Gasteiger charge is 2.33. The summed E-state index contributed by atoms with van der Waals surface area (Å²) in [4.78, 5) is 15.4. The van der Waals surface area contributed by atoms with Gasteiger partial charge in [-0.05, 0) is 59.5 Å². The van der Waals surface area contributed by atoms with Crippen molar-refractivity contribution in [3.05, 3.63) is 89.6 Å². The molecule has 5 nitrogen and oxygen atoms in total. The molecule has 0 radical (unpaired) electrons. The fraction of sp³-hybridized carbons (Fsp3) is 0.185. The Morgan fingerprint density at radius 2 is 1.66 bits per heavy atom. The highest BCUT2D eigenvalue weighted by molar-refractivity contribution is 5.97. The van der Waals surface area contributed by atoms with Gasteiger partial charge in [-0.1, -0.05) is 36.4 Å². The molecule has 0 fully saturated rings. The zero-order valence-electron chi connectivity index (χ0n) is 19.1. The molecule has 0 unspecified atom stereocenters. The van der Waals surface area contributed by atoms with E-state index >= 15 is 0 Å². The first-order chi connectivity index (χ1) is 16.8. The van der Waals surface area contributed by atoms with E-state index in [1.807, 2.05) is 19.1 Å². The topological polar surface area (TPSA) is 57.7 Å². The molecule has 4 aromatic rings. The van der Waals surface area contributed by atoms with Crippen molar-refractivity contribution < 1.29 is 32.2 Å². The Bertz CT molecular complexity index is 1370. The van der Waals surface area contributed by atoms with E-state index in [0.717, 1.165) is 22.8 Å². The molecule has 8 heteroatoms. The van der Waals surface area contributed by atoms with Crippen molar-refractivity contribution in [2.75, 3.05) is 13.7 Å². The molecular formula is C27H22F3NO4. The molecule has 4 rings (SSSR count). The lowest BCUT2D eigenvalue weighted by Gasteiger charge is -2.15. The van der Waals surface area contributed by atoms with Gasteiger partial charge < -0.3 is 14.2 Å². The number of hydrogen-bond donors (Lipinski definition) is 0. The van der Waals surface area contributed by atoms with Crippen molar-refractivity contribution in [2.24, 2.45) is 0 Å². The minimum atomic E-state index is -4.50. The molecule has 0 amide bonds. The summed E-state index contributed by atoms with van der Waals surface area (Å²) in [7, 11) is 1.29. The van der Waals surface area contributed by atoms with Gasteiger partial charge in [-0.2, -0.15) is 13.2 Å². The van der Waals surface area contributed by atoms with Gasteiger partial charge in [0.25, 0.3) is 0 Å². The van der Waals surface area contributed by atoms with Crippen LogP contribution in [0.4, 0.5) is 13.2 Å². The van der Waals surface area contributed by atoms with Crippen LogP contribution in [0.15, 0.2) is 72.9 Å². The SMILES string of the molecule is COC(=O)COc1cccc(COc2cccc(-c3c(C)cnc4c(C(F)(F)F)cccc34)c2)c1. The summed E-state index contributed by atoms with van der Waals surface area (Å²) in [5, 5.41) is 0.424. The number of pyridine rings is 1. The largest absolute Gasteiger partial charge is 0.489 e. The van der Waals surface area contributed by atoms with Crippen molar-refractivity contribution in [1.82, 2.24) is 4.98 Å². The number of aryl methyl sites for hydroxylation is 1. The Labute approximate surface area is 200 Å². The second-order valence-corrected chi connectivity index (χ2v) is 7.84. The Morgan fingerprint density at radius 3 is 2.40 bits per heavy atom. The van der Waals surface area contributed by atoms with Crippen LogP contribution in [-0.4, -0.2) is 24.7 Å². The van der Waals surface area contributed by atoms with E-state index in [4.69, 9.17) is 9.47 Å². The van der Waals surface area contributed by atoms with Gasteiger partial charge in [0.15, 0.2) is 6.61 Å². The first-order valence-corrected chi connectivity index (χ1v) is 10.7. The molecule has 0 saturated carbocycles. The third-order valence-corrected chi connectivity index (χ3v) is 5.40. The number of aromatic nitrogens is 1. The number of methoxy groups -OCH3 is 1. The maximum Gasteiger partial charge on any atom is 0.418 e. The fourth-order valence-corrected chi connectivity index (χ4v) is 3.77. The fourth-order valence-electron chi connectivity index (χ4n) is 3.77. The number of alkyl halides is 3. The molecule has 0 spiro atoms. The summed E-state index contributed by atoms with van der Waals surface area (Å²) >= 11 is 0. The van der Waals surface area contributed by atoms with Gasteiger partial charge in [0.05, 0.1) is 18.2 Å². The van der Waals surface area contributed by atoms with E-state index in [1.165, 1.54) is 19.4 Å². The van der Waals surface area contributed by atoms with E-state index in [2.05, 4.69) is 9.72 Å². The lowest BCUT2D eigenvalue weighted by atomic mass is 9.95. The molecule has 0 aliphatic rings. The van der Waals surface area contributed by atoms with Crippen molar-refractivity contribution in [3.63, 3.8) is 0 Å². The molecule has 0 bridgehead atoms. The first kappa shape index (κ1) is 24.1. The second kappa shape index (κ2) is 10.0. The van der Waals surface area contributed by atoms with Gasteiger partial charge >= 0.3 is 12.1 Å².